The van der Waals surface area contributed by atoms with Gasteiger partial charge >= 0.3 is 12.2 Å². The van der Waals surface area contributed by atoms with Gasteiger partial charge in [0.25, 0.3) is 0 Å². The van der Waals surface area contributed by atoms with Gasteiger partial charge in [-0.1, -0.05) is 129 Å². The Morgan fingerprint density at radius 1 is 0.378 bits per heavy atom. The van der Waals surface area contributed by atoms with Crippen LogP contribution in [0.15, 0.2) is 0 Å². The minimum Gasteiger partial charge on any atom is -0.465 e. The van der Waals surface area contributed by atoms with E-state index >= 15 is 0 Å². The molecule has 0 saturated carbocycles. The number of amides is 2. The summed E-state index contributed by atoms with van der Waals surface area (Å²) in [7, 11) is 0. The number of nitrogens with zero attached hydrogens (tertiary/aromatic N) is 2. The smallest absolute Gasteiger partial charge is 0.407 e. The molecule has 0 radical (unpaired) electrons. The van der Waals surface area contributed by atoms with E-state index in [4.69, 9.17) is 0 Å². The van der Waals surface area contributed by atoms with Crippen LogP contribution in [0, 0.1) is 0 Å². The molecule has 0 aliphatic rings. The molecule has 6 nitrogen and oxygen atoms in total. The molecule has 0 aromatic heterocycles. The molecule has 0 saturated heterocycles. The second-order valence-corrected chi connectivity index (χ2v) is 11.0. The SMILES string of the molecule is CCCCCCCCCCCCN(CCCCCN(CCCCCCCCCCCC)C(=O)O)C(=O)O. The maximum atomic E-state index is 11.6. The van der Waals surface area contributed by atoms with Crippen molar-refractivity contribution >= 4 is 12.2 Å². The second kappa shape index (κ2) is 27.6. The molecular formula is C31H62N2O4. The molecule has 0 rings (SSSR count). The molecule has 2 N–H and O–H groups in total. The molecular weight excluding hydrogens is 464 g/mol. The third-order valence-electron chi connectivity index (χ3n) is 7.46. The van der Waals surface area contributed by atoms with E-state index in [1.165, 1.54) is 103 Å². The summed E-state index contributed by atoms with van der Waals surface area (Å²) in [6.45, 7) is 6.83. The van der Waals surface area contributed by atoms with E-state index in [1.54, 1.807) is 9.80 Å². The van der Waals surface area contributed by atoms with Gasteiger partial charge in [0.05, 0.1) is 0 Å². The fraction of sp³-hybridized carbons (Fsp3) is 0.935. The first-order chi connectivity index (χ1) is 18.0. The molecule has 0 heterocycles. The summed E-state index contributed by atoms with van der Waals surface area (Å²) in [5.74, 6) is 0. The lowest BCUT2D eigenvalue weighted by atomic mass is 10.1. The zero-order chi connectivity index (χ0) is 27.4. The average Bonchev–Trinajstić information content (AvgIpc) is 2.87. The van der Waals surface area contributed by atoms with E-state index in [0.29, 0.717) is 26.2 Å². The highest BCUT2D eigenvalue weighted by molar-refractivity contribution is 5.65. The van der Waals surface area contributed by atoms with Crippen LogP contribution in [0.5, 0.6) is 0 Å². The highest BCUT2D eigenvalue weighted by atomic mass is 16.4. The molecule has 2 amide bonds. The Balaban J connectivity index is 3.78. The van der Waals surface area contributed by atoms with Gasteiger partial charge in [-0.3, -0.25) is 0 Å². The van der Waals surface area contributed by atoms with Crippen molar-refractivity contribution in [2.45, 2.75) is 162 Å². The van der Waals surface area contributed by atoms with E-state index in [1.807, 2.05) is 0 Å². The van der Waals surface area contributed by atoms with Gasteiger partial charge in [-0.15, -0.1) is 0 Å². The van der Waals surface area contributed by atoms with Gasteiger partial charge in [0, 0.05) is 26.2 Å². The van der Waals surface area contributed by atoms with Crippen molar-refractivity contribution in [1.29, 1.82) is 0 Å². The average molecular weight is 527 g/mol. The van der Waals surface area contributed by atoms with Gasteiger partial charge in [0.2, 0.25) is 0 Å². The van der Waals surface area contributed by atoms with Crippen molar-refractivity contribution in [3.8, 4) is 0 Å². The summed E-state index contributed by atoms with van der Waals surface area (Å²) in [6.07, 6.45) is 25.8. The number of carboxylic acid groups (broad SMARTS) is 2. The van der Waals surface area contributed by atoms with E-state index in [2.05, 4.69) is 13.8 Å². The molecule has 0 spiro atoms. The third-order valence-corrected chi connectivity index (χ3v) is 7.46. The maximum Gasteiger partial charge on any atom is 0.407 e. The van der Waals surface area contributed by atoms with Crippen LogP contribution in [-0.2, 0) is 0 Å². The lowest BCUT2D eigenvalue weighted by Gasteiger charge is -2.21. The van der Waals surface area contributed by atoms with Gasteiger partial charge in [-0.25, -0.2) is 9.59 Å². The molecule has 0 atom stereocenters. The molecule has 220 valence electrons. The first kappa shape index (κ1) is 35.5. The van der Waals surface area contributed by atoms with E-state index < -0.39 is 12.2 Å². The predicted molar refractivity (Wildman–Crippen MR) is 157 cm³/mol. The van der Waals surface area contributed by atoms with Crippen molar-refractivity contribution in [2.75, 3.05) is 26.2 Å². The van der Waals surface area contributed by atoms with Gasteiger partial charge in [-0.2, -0.15) is 0 Å². The van der Waals surface area contributed by atoms with Crippen molar-refractivity contribution < 1.29 is 19.8 Å². The first-order valence-corrected chi connectivity index (χ1v) is 16.0. The monoisotopic (exact) mass is 526 g/mol. The van der Waals surface area contributed by atoms with Crippen LogP contribution in [0.1, 0.15) is 162 Å². The molecule has 37 heavy (non-hydrogen) atoms. The molecule has 0 fully saturated rings. The maximum absolute atomic E-state index is 11.6. The summed E-state index contributed by atoms with van der Waals surface area (Å²) in [5, 5.41) is 19.0. The standard InChI is InChI=1S/C31H62N2O4/c1-3-5-7-9-11-13-15-17-19-22-26-32(30(34)35)28-24-21-25-29-33(31(36)37)27-23-20-18-16-14-12-10-8-6-4-2/h3-29H2,1-2H3,(H,34,35)(H,36,37). The Hall–Kier alpha value is -1.46. The van der Waals surface area contributed by atoms with Gasteiger partial charge in [-0.05, 0) is 32.1 Å². The largest absolute Gasteiger partial charge is 0.465 e. The number of rotatable bonds is 28. The van der Waals surface area contributed by atoms with E-state index in [-0.39, 0.29) is 0 Å². The number of hydrogen-bond acceptors (Lipinski definition) is 2. The highest BCUT2D eigenvalue weighted by Crippen LogP contribution is 2.13. The van der Waals surface area contributed by atoms with Gasteiger partial charge in [0.1, 0.15) is 0 Å². The van der Waals surface area contributed by atoms with Crippen LogP contribution in [-0.4, -0.2) is 58.4 Å². The first-order valence-electron chi connectivity index (χ1n) is 16.0. The fourth-order valence-corrected chi connectivity index (χ4v) is 4.97. The van der Waals surface area contributed by atoms with Crippen LogP contribution in [0.3, 0.4) is 0 Å². The quantitative estimate of drug-likeness (QED) is 0.0994. The van der Waals surface area contributed by atoms with Gasteiger partial charge in [0.15, 0.2) is 0 Å². The zero-order valence-electron chi connectivity index (χ0n) is 24.7. The van der Waals surface area contributed by atoms with Crippen LogP contribution in [0.2, 0.25) is 0 Å². The van der Waals surface area contributed by atoms with Crippen molar-refractivity contribution in [1.82, 2.24) is 9.80 Å². The Bertz CT molecular complexity index is 471. The summed E-state index contributed by atoms with van der Waals surface area (Å²) < 4.78 is 0. The molecule has 6 heteroatoms. The molecule has 0 aliphatic heterocycles. The molecule has 0 aliphatic carbocycles. The fourth-order valence-electron chi connectivity index (χ4n) is 4.97. The Labute approximate surface area is 229 Å². The summed E-state index contributed by atoms with van der Waals surface area (Å²) >= 11 is 0. The number of hydrogen-bond donors (Lipinski definition) is 2. The Kier molecular flexibility index (Phi) is 26.5. The summed E-state index contributed by atoms with van der Waals surface area (Å²) in [5.41, 5.74) is 0. The lowest BCUT2D eigenvalue weighted by Crippen LogP contribution is -2.32. The summed E-state index contributed by atoms with van der Waals surface area (Å²) in [4.78, 5) is 26.2. The van der Waals surface area contributed by atoms with Crippen molar-refractivity contribution in [2.24, 2.45) is 0 Å². The van der Waals surface area contributed by atoms with Crippen molar-refractivity contribution in [3.05, 3.63) is 0 Å². The molecule has 0 aromatic rings. The van der Waals surface area contributed by atoms with Crippen LogP contribution in [0.4, 0.5) is 9.59 Å². The van der Waals surface area contributed by atoms with Crippen LogP contribution in [0.25, 0.3) is 0 Å². The second-order valence-electron chi connectivity index (χ2n) is 11.0. The van der Waals surface area contributed by atoms with Crippen molar-refractivity contribution in [3.63, 3.8) is 0 Å². The minimum absolute atomic E-state index is 0.554. The topological polar surface area (TPSA) is 81.1 Å². The van der Waals surface area contributed by atoms with Crippen LogP contribution < -0.4 is 0 Å². The Morgan fingerprint density at radius 3 is 0.784 bits per heavy atom. The number of carbonyl (C=O) groups is 2. The van der Waals surface area contributed by atoms with Crippen LogP contribution >= 0.6 is 0 Å². The summed E-state index contributed by atoms with van der Waals surface area (Å²) in [6, 6.07) is 0. The van der Waals surface area contributed by atoms with Gasteiger partial charge < -0.3 is 20.0 Å². The third kappa shape index (κ3) is 24.6. The number of unbranched alkanes of at least 4 members (excludes halogenated alkanes) is 20. The highest BCUT2D eigenvalue weighted by Gasteiger charge is 2.13. The minimum atomic E-state index is -0.830. The molecule has 0 aromatic carbocycles. The normalized spacial score (nSPS) is 11.1. The lowest BCUT2D eigenvalue weighted by molar-refractivity contribution is 0.140. The molecule has 0 unspecified atom stereocenters. The predicted octanol–water partition coefficient (Wildman–Crippen LogP) is 9.96. The van der Waals surface area contributed by atoms with E-state index in [9.17, 15) is 19.8 Å². The van der Waals surface area contributed by atoms with E-state index in [0.717, 1.165) is 44.9 Å². The zero-order valence-corrected chi connectivity index (χ0v) is 24.7. The molecule has 0 bridgehead atoms. The Morgan fingerprint density at radius 2 is 0.568 bits per heavy atom.